The number of aliphatic hydroxyl groups excluding tert-OH is 1. The summed E-state index contributed by atoms with van der Waals surface area (Å²) in [5, 5.41) is 9.16. The van der Waals surface area contributed by atoms with E-state index in [4.69, 9.17) is 16.7 Å². The van der Waals surface area contributed by atoms with Crippen LogP contribution in [0.2, 0.25) is 4.47 Å². The van der Waals surface area contributed by atoms with E-state index in [-0.39, 0.29) is 15.3 Å². The minimum absolute atomic E-state index is 0.0847. The van der Waals surface area contributed by atoms with Gasteiger partial charge >= 0.3 is 0 Å². The molecule has 0 spiro atoms. The molecule has 21 heavy (non-hydrogen) atoms. The Morgan fingerprint density at radius 2 is 2.00 bits per heavy atom. The molecule has 0 aliphatic heterocycles. The van der Waals surface area contributed by atoms with Gasteiger partial charge in [0.1, 0.15) is 5.69 Å². The summed E-state index contributed by atoms with van der Waals surface area (Å²) in [6.07, 6.45) is 0. The lowest BCUT2D eigenvalue weighted by Crippen LogP contribution is -2.37. The number of rotatable bonds is 5. The number of thiazole rings is 1. The van der Waals surface area contributed by atoms with Gasteiger partial charge in [0.15, 0.2) is 8.68 Å². The maximum atomic E-state index is 12.7. The van der Waals surface area contributed by atoms with E-state index in [0.717, 1.165) is 15.6 Å². The fourth-order valence-corrected chi connectivity index (χ4v) is 4.94. The van der Waals surface area contributed by atoms with Gasteiger partial charge in [-0.3, -0.25) is 0 Å². The maximum absolute atomic E-state index is 12.7. The van der Waals surface area contributed by atoms with Gasteiger partial charge < -0.3 is 5.11 Å². The molecule has 1 heterocycles. The summed E-state index contributed by atoms with van der Waals surface area (Å²) < 4.78 is 26.7. The third-order valence-corrected chi connectivity index (χ3v) is 6.73. The summed E-state index contributed by atoms with van der Waals surface area (Å²) in [5.74, 6) is 0. The molecule has 1 aromatic heterocycles. The van der Waals surface area contributed by atoms with Gasteiger partial charge in [0.2, 0.25) is 0 Å². The van der Waals surface area contributed by atoms with Gasteiger partial charge in [-0.25, -0.2) is 13.4 Å². The first kappa shape index (κ1) is 16.4. The molecule has 8 heteroatoms. The number of hydrogen-bond donors (Lipinski definition) is 1. The van der Waals surface area contributed by atoms with Gasteiger partial charge in [0.25, 0.3) is 10.0 Å². The highest BCUT2D eigenvalue weighted by atomic mass is 35.5. The zero-order valence-electron chi connectivity index (χ0n) is 11.5. The fourth-order valence-electron chi connectivity index (χ4n) is 1.72. The molecule has 114 valence electrons. The van der Waals surface area contributed by atoms with Crippen LogP contribution in [-0.4, -0.2) is 42.5 Å². The number of halogens is 1. The highest BCUT2D eigenvalue weighted by molar-refractivity contribution is 7.91. The van der Waals surface area contributed by atoms with Crippen molar-refractivity contribution in [1.82, 2.24) is 9.29 Å². The Morgan fingerprint density at radius 1 is 1.38 bits per heavy atom. The molecular weight excluding hydrogens is 332 g/mol. The van der Waals surface area contributed by atoms with Crippen LogP contribution in [0.1, 0.15) is 6.92 Å². The summed E-state index contributed by atoms with van der Waals surface area (Å²) in [6, 6.07) is 8.48. The van der Waals surface area contributed by atoms with Crippen LogP contribution in [0.3, 0.4) is 0 Å². The van der Waals surface area contributed by atoms with Crippen molar-refractivity contribution < 1.29 is 13.5 Å². The van der Waals surface area contributed by atoms with Gasteiger partial charge in [-0.15, -0.1) is 0 Å². The van der Waals surface area contributed by atoms with E-state index in [9.17, 15) is 8.42 Å². The predicted molar refractivity (Wildman–Crippen MR) is 84.1 cm³/mol. The molecule has 0 bridgehead atoms. The summed E-state index contributed by atoms with van der Waals surface area (Å²) in [6.45, 7) is 1.37. The van der Waals surface area contributed by atoms with Gasteiger partial charge in [-0.2, -0.15) is 4.31 Å². The Labute approximate surface area is 132 Å². The number of benzene rings is 1. The molecule has 2 rings (SSSR count). The second kappa shape index (κ2) is 6.41. The first-order chi connectivity index (χ1) is 9.87. The quantitative estimate of drug-likeness (QED) is 0.902. The lowest BCUT2D eigenvalue weighted by Gasteiger charge is -2.22. The van der Waals surface area contributed by atoms with Crippen LogP contribution in [0, 0.1) is 0 Å². The van der Waals surface area contributed by atoms with Crippen LogP contribution in [0.5, 0.6) is 0 Å². The lowest BCUT2D eigenvalue weighted by molar-refractivity contribution is 0.214. The molecule has 0 aliphatic carbocycles. The molecule has 0 radical (unpaired) electrons. The molecule has 0 fully saturated rings. The zero-order chi connectivity index (χ0) is 15.6. The van der Waals surface area contributed by atoms with Crippen molar-refractivity contribution in [2.75, 3.05) is 13.7 Å². The molecule has 1 atom stereocenters. The number of nitrogens with zero attached hydrogens (tertiary/aromatic N) is 2. The number of likely N-dealkylation sites (N-methyl/N-ethyl adjacent to an activating group) is 1. The van der Waals surface area contributed by atoms with Crippen LogP contribution in [0.25, 0.3) is 11.3 Å². The predicted octanol–water partition coefficient (Wildman–Crippen LogP) is 2.46. The highest BCUT2D eigenvalue weighted by Crippen LogP contribution is 2.36. The molecule has 0 aliphatic rings. The van der Waals surface area contributed by atoms with E-state index in [1.807, 2.05) is 6.07 Å². The minimum atomic E-state index is -3.76. The Kier molecular flexibility index (Phi) is 5.00. The van der Waals surface area contributed by atoms with Crippen molar-refractivity contribution >= 4 is 33.0 Å². The molecule has 0 amide bonds. The second-order valence-electron chi connectivity index (χ2n) is 4.52. The van der Waals surface area contributed by atoms with Crippen LogP contribution < -0.4 is 0 Å². The highest BCUT2D eigenvalue weighted by Gasteiger charge is 2.31. The van der Waals surface area contributed by atoms with Crippen molar-refractivity contribution in [3.05, 3.63) is 34.8 Å². The number of sulfonamides is 1. The Morgan fingerprint density at radius 3 is 2.57 bits per heavy atom. The van der Waals surface area contributed by atoms with Crippen molar-refractivity contribution in [2.24, 2.45) is 0 Å². The lowest BCUT2D eigenvalue weighted by atomic mass is 10.2. The Bertz CT molecular complexity index is 716. The van der Waals surface area contributed by atoms with E-state index in [0.29, 0.717) is 11.3 Å². The van der Waals surface area contributed by atoms with E-state index in [2.05, 4.69) is 4.98 Å². The molecule has 0 saturated carbocycles. The first-order valence-electron chi connectivity index (χ1n) is 6.18. The Hall–Kier alpha value is -0.990. The van der Waals surface area contributed by atoms with Crippen LogP contribution in [0.15, 0.2) is 34.5 Å². The van der Waals surface area contributed by atoms with Gasteiger partial charge in [0, 0.05) is 18.7 Å². The van der Waals surface area contributed by atoms with E-state index >= 15 is 0 Å². The normalized spacial score (nSPS) is 13.6. The summed E-state index contributed by atoms with van der Waals surface area (Å²) >= 11 is 6.83. The summed E-state index contributed by atoms with van der Waals surface area (Å²) in [4.78, 5) is 4.13. The molecule has 0 unspecified atom stereocenters. The van der Waals surface area contributed by atoms with E-state index in [1.54, 1.807) is 31.2 Å². The van der Waals surface area contributed by atoms with Crippen LogP contribution in [-0.2, 0) is 10.0 Å². The summed E-state index contributed by atoms with van der Waals surface area (Å²) in [7, 11) is -2.33. The van der Waals surface area contributed by atoms with Crippen molar-refractivity contribution in [3.63, 3.8) is 0 Å². The smallest absolute Gasteiger partial charge is 0.254 e. The average Bonchev–Trinajstić information content (AvgIpc) is 2.89. The van der Waals surface area contributed by atoms with Crippen molar-refractivity contribution in [3.8, 4) is 11.3 Å². The first-order valence-corrected chi connectivity index (χ1v) is 8.82. The monoisotopic (exact) mass is 346 g/mol. The fraction of sp³-hybridized carbons (Fsp3) is 0.308. The zero-order valence-corrected chi connectivity index (χ0v) is 13.9. The molecule has 0 saturated heterocycles. The minimum Gasteiger partial charge on any atom is -0.395 e. The SMILES string of the molecule is C[C@H](CO)N(C)S(=O)(=O)c1sc(Cl)nc1-c1ccccc1. The number of hydrogen-bond acceptors (Lipinski definition) is 5. The van der Waals surface area contributed by atoms with E-state index < -0.39 is 16.1 Å². The van der Waals surface area contributed by atoms with Crippen LogP contribution in [0.4, 0.5) is 0 Å². The molecule has 1 aromatic carbocycles. The standard InChI is InChI=1S/C13H15ClN2O3S2/c1-9(8-17)16(2)21(18,19)12-11(15-13(14)20-12)10-6-4-3-5-7-10/h3-7,9,17H,8H2,1-2H3/t9-/m1/s1. The van der Waals surface area contributed by atoms with Crippen LogP contribution >= 0.6 is 22.9 Å². The van der Waals surface area contributed by atoms with Gasteiger partial charge in [0.05, 0.1) is 6.61 Å². The van der Waals surface area contributed by atoms with Crippen molar-refractivity contribution in [1.29, 1.82) is 0 Å². The largest absolute Gasteiger partial charge is 0.395 e. The van der Waals surface area contributed by atoms with Gasteiger partial charge in [-0.05, 0) is 6.92 Å². The molecule has 1 N–H and O–H groups in total. The van der Waals surface area contributed by atoms with Gasteiger partial charge in [-0.1, -0.05) is 53.3 Å². The second-order valence-corrected chi connectivity index (χ2v) is 8.30. The third kappa shape index (κ3) is 3.27. The number of aliphatic hydroxyl groups is 1. The topological polar surface area (TPSA) is 70.5 Å². The molecular formula is C13H15ClN2O3S2. The molecule has 2 aromatic rings. The van der Waals surface area contributed by atoms with E-state index in [1.165, 1.54) is 7.05 Å². The maximum Gasteiger partial charge on any atom is 0.254 e. The molecule has 5 nitrogen and oxygen atoms in total. The third-order valence-electron chi connectivity index (χ3n) is 3.12. The average molecular weight is 347 g/mol. The van der Waals surface area contributed by atoms with Crippen molar-refractivity contribution in [2.45, 2.75) is 17.2 Å². The number of aromatic nitrogens is 1. The Balaban J connectivity index is 2.55. The summed E-state index contributed by atoms with van der Waals surface area (Å²) in [5.41, 5.74) is 1.02.